The van der Waals surface area contributed by atoms with Crippen molar-refractivity contribution in [1.29, 1.82) is 0 Å². The summed E-state index contributed by atoms with van der Waals surface area (Å²) in [6, 6.07) is 4.73. The van der Waals surface area contributed by atoms with Crippen LogP contribution in [-0.4, -0.2) is 38.3 Å². The van der Waals surface area contributed by atoms with Crippen LogP contribution in [0.4, 0.5) is 0 Å². The lowest BCUT2D eigenvalue weighted by molar-refractivity contribution is 0.0780. The number of amides is 1. The summed E-state index contributed by atoms with van der Waals surface area (Å²) >= 11 is 11.7. The summed E-state index contributed by atoms with van der Waals surface area (Å²) in [5.74, 6) is -0.199. The van der Waals surface area contributed by atoms with Crippen molar-refractivity contribution in [2.24, 2.45) is 0 Å². The van der Waals surface area contributed by atoms with Crippen molar-refractivity contribution >= 4 is 29.1 Å². The van der Waals surface area contributed by atoms with E-state index in [1.54, 1.807) is 25.3 Å². The van der Waals surface area contributed by atoms with Gasteiger partial charge in [0, 0.05) is 35.8 Å². The highest BCUT2D eigenvalue weighted by atomic mass is 35.5. The maximum Gasteiger partial charge on any atom is 0.251 e. The molecule has 1 aromatic carbocycles. The number of halogens is 2. The molecule has 98 valence electrons. The average Bonchev–Trinajstić information content (AvgIpc) is 2.75. The molecule has 1 unspecified atom stereocenters. The minimum absolute atomic E-state index is 0.0105. The van der Waals surface area contributed by atoms with Crippen LogP contribution in [0.5, 0.6) is 0 Å². The van der Waals surface area contributed by atoms with Crippen LogP contribution in [0.2, 0.25) is 10.0 Å². The largest absolute Gasteiger partial charge is 0.378 e. The van der Waals surface area contributed by atoms with Gasteiger partial charge in [0.1, 0.15) is 0 Å². The molecule has 2 atom stereocenters. The summed E-state index contributed by atoms with van der Waals surface area (Å²) in [5, 5.41) is 6.96. The van der Waals surface area contributed by atoms with Crippen molar-refractivity contribution in [3.8, 4) is 0 Å². The van der Waals surface area contributed by atoms with Crippen LogP contribution in [0.25, 0.3) is 0 Å². The van der Waals surface area contributed by atoms with E-state index in [0.29, 0.717) is 22.2 Å². The zero-order chi connectivity index (χ0) is 13.1. The van der Waals surface area contributed by atoms with Gasteiger partial charge >= 0.3 is 0 Å². The second kappa shape index (κ2) is 5.89. The number of benzene rings is 1. The third kappa shape index (κ3) is 3.14. The van der Waals surface area contributed by atoms with Crippen molar-refractivity contribution in [2.45, 2.75) is 12.1 Å². The number of carbonyl (C=O) groups is 1. The van der Waals surface area contributed by atoms with Crippen molar-refractivity contribution in [2.75, 3.05) is 20.2 Å². The highest BCUT2D eigenvalue weighted by molar-refractivity contribution is 6.35. The fraction of sp³-hybridized carbons (Fsp3) is 0.417. The first kappa shape index (κ1) is 13.6. The Kier molecular flexibility index (Phi) is 4.45. The molecule has 0 saturated carbocycles. The van der Waals surface area contributed by atoms with Crippen LogP contribution in [0.3, 0.4) is 0 Å². The second-order valence-corrected chi connectivity index (χ2v) is 5.04. The highest BCUT2D eigenvalue weighted by Gasteiger charge is 2.28. The average molecular weight is 289 g/mol. The first-order valence-corrected chi connectivity index (χ1v) is 6.36. The Bertz CT molecular complexity index is 433. The molecule has 4 nitrogen and oxygen atoms in total. The van der Waals surface area contributed by atoms with Crippen LogP contribution in [0, 0.1) is 0 Å². The standard InChI is InChI=1S/C12H14Cl2N2O2/c1-18-11-6-15-5-10(11)16-12(17)7-2-8(13)4-9(14)3-7/h2-4,10-11,15H,5-6H2,1H3,(H,16,17)/t10?,11-/m1/s1. The molecule has 0 aromatic heterocycles. The van der Waals surface area contributed by atoms with E-state index in [4.69, 9.17) is 27.9 Å². The molecule has 2 N–H and O–H groups in total. The van der Waals surface area contributed by atoms with Gasteiger partial charge in [0.15, 0.2) is 0 Å². The van der Waals surface area contributed by atoms with Gasteiger partial charge in [-0.2, -0.15) is 0 Å². The molecule has 0 aliphatic carbocycles. The summed E-state index contributed by atoms with van der Waals surface area (Å²) in [7, 11) is 1.63. The summed E-state index contributed by atoms with van der Waals surface area (Å²) in [4.78, 5) is 12.1. The van der Waals surface area contributed by atoms with Crippen LogP contribution in [0.15, 0.2) is 18.2 Å². The zero-order valence-electron chi connectivity index (χ0n) is 9.87. The quantitative estimate of drug-likeness (QED) is 0.890. The first-order valence-electron chi connectivity index (χ1n) is 5.60. The van der Waals surface area contributed by atoms with Crippen LogP contribution in [-0.2, 0) is 4.74 Å². The minimum atomic E-state index is -0.199. The van der Waals surface area contributed by atoms with E-state index in [0.717, 1.165) is 6.54 Å². The fourth-order valence-corrected chi connectivity index (χ4v) is 2.51. The lowest BCUT2D eigenvalue weighted by atomic mass is 10.1. The molecule has 1 aliphatic heterocycles. The molecule has 0 spiro atoms. The van der Waals surface area contributed by atoms with Gasteiger partial charge in [-0.1, -0.05) is 23.2 Å². The third-order valence-electron chi connectivity index (χ3n) is 2.90. The van der Waals surface area contributed by atoms with Gasteiger partial charge in [0.2, 0.25) is 0 Å². The molecule has 1 aliphatic rings. The number of nitrogens with one attached hydrogen (secondary N) is 2. The highest BCUT2D eigenvalue weighted by Crippen LogP contribution is 2.19. The lowest BCUT2D eigenvalue weighted by Gasteiger charge is -2.18. The number of methoxy groups -OCH3 is 1. The molecule has 0 bridgehead atoms. The van der Waals surface area contributed by atoms with Crippen LogP contribution >= 0.6 is 23.2 Å². The van der Waals surface area contributed by atoms with E-state index >= 15 is 0 Å². The zero-order valence-corrected chi connectivity index (χ0v) is 11.4. The van der Waals surface area contributed by atoms with E-state index in [1.807, 2.05) is 0 Å². The van der Waals surface area contributed by atoms with E-state index in [1.165, 1.54) is 0 Å². The van der Waals surface area contributed by atoms with Gasteiger partial charge in [0.25, 0.3) is 5.91 Å². The smallest absolute Gasteiger partial charge is 0.251 e. The molecule has 1 heterocycles. The number of hydrogen-bond acceptors (Lipinski definition) is 3. The SMILES string of the molecule is CO[C@@H]1CNCC1NC(=O)c1cc(Cl)cc(Cl)c1. The molecular formula is C12H14Cl2N2O2. The van der Waals surface area contributed by atoms with Gasteiger partial charge in [-0.3, -0.25) is 4.79 Å². The molecule has 1 saturated heterocycles. The van der Waals surface area contributed by atoms with E-state index < -0.39 is 0 Å². The van der Waals surface area contributed by atoms with Gasteiger partial charge in [0.05, 0.1) is 12.1 Å². The predicted molar refractivity (Wildman–Crippen MR) is 71.4 cm³/mol. The number of ether oxygens (including phenoxy) is 1. The Morgan fingerprint density at radius 2 is 2.00 bits per heavy atom. The Labute approximate surface area is 116 Å². The molecule has 2 rings (SSSR count). The Morgan fingerprint density at radius 3 is 2.61 bits per heavy atom. The molecular weight excluding hydrogens is 275 g/mol. The van der Waals surface area contributed by atoms with Gasteiger partial charge < -0.3 is 15.4 Å². The molecule has 1 aromatic rings. The van der Waals surface area contributed by atoms with Crippen molar-refractivity contribution < 1.29 is 9.53 Å². The first-order chi connectivity index (χ1) is 8.60. The van der Waals surface area contributed by atoms with Gasteiger partial charge in [-0.25, -0.2) is 0 Å². The normalized spacial score (nSPS) is 23.1. The third-order valence-corrected chi connectivity index (χ3v) is 3.34. The summed E-state index contributed by atoms with van der Waals surface area (Å²) < 4.78 is 5.28. The topological polar surface area (TPSA) is 50.4 Å². The van der Waals surface area contributed by atoms with Crippen molar-refractivity contribution in [3.63, 3.8) is 0 Å². The molecule has 1 fully saturated rings. The molecule has 1 amide bonds. The molecule has 6 heteroatoms. The van der Waals surface area contributed by atoms with Crippen molar-refractivity contribution in [1.82, 2.24) is 10.6 Å². The lowest BCUT2D eigenvalue weighted by Crippen LogP contribution is -2.43. The Morgan fingerprint density at radius 1 is 1.33 bits per heavy atom. The van der Waals surface area contributed by atoms with E-state index in [-0.39, 0.29) is 18.1 Å². The predicted octanol–water partition coefficient (Wildman–Crippen LogP) is 1.71. The summed E-state index contributed by atoms with van der Waals surface area (Å²) in [6.07, 6.45) is -0.0105. The minimum Gasteiger partial charge on any atom is -0.378 e. The number of carbonyl (C=O) groups excluding carboxylic acids is 1. The van der Waals surface area contributed by atoms with E-state index in [2.05, 4.69) is 10.6 Å². The monoisotopic (exact) mass is 288 g/mol. The fourth-order valence-electron chi connectivity index (χ4n) is 1.98. The second-order valence-electron chi connectivity index (χ2n) is 4.17. The van der Waals surface area contributed by atoms with Gasteiger partial charge in [-0.05, 0) is 18.2 Å². The van der Waals surface area contributed by atoms with Gasteiger partial charge in [-0.15, -0.1) is 0 Å². The maximum atomic E-state index is 12.1. The summed E-state index contributed by atoms with van der Waals surface area (Å²) in [6.45, 7) is 1.43. The Hall–Kier alpha value is -0.810. The van der Waals surface area contributed by atoms with Crippen LogP contribution in [0.1, 0.15) is 10.4 Å². The van der Waals surface area contributed by atoms with Crippen molar-refractivity contribution in [3.05, 3.63) is 33.8 Å². The number of hydrogen-bond donors (Lipinski definition) is 2. The maximum absolute atomic E-state index is 12.1. The number of rotatable bonds is 3. The summed E-state index contributed by atoms with van der Waals surface area (Å²) in [5.41, 5.74) is 0.453. The Balaban J connectivity index is 2.07. The van der Waals surface area contributed by atoms with E-state index in [9.17, 15) is 4.79 Å². The van der Waals surface area contributed by atoms with Crippen LogP contribution < -0.4 is 10.6 Å². The molecule has 18 heavy (non-hydrogen) atoms. The molecule has 0 radical (unpaired) electrons.